The SMILES string of the molecule is CC(C)[C@@H](CO)Nc1nc(Nc2ccc(C(F)(F)F)cc2Cl)cc(-c2ccncc2)n1. The quantitative estimate of drug-likeness (QED) is 0.447. The Morgan fingerprint density at radius 2 is 1.77 bits per heavy atom. The molecule has 0 spiro atoms. The zero-order valence-electron chi connectivity index (χ0n) is 16.8. The number of aliphatic hydroxyl groups is 1. The van der Waals surface area contributed by atoms with Gasteiger partial charge in [0.1, 0.15) is 5.82 Å². The molecule has 0 saturated heterocycles. The lowest BCUT2D eigenvalue weighted by Gasteiger charge is -2.21. The van der Waals surface area contributed by atoms with E-state index in [-0.39, 0.29) is 35.2 Å². The van der Waals surface area contributed by atoms with Crippen LogP contribution in [-0.2, 0) is 6.18 Å². The molecule has 3 rings (SSSR count). The standard InChI is InChI=1S/C21H21ClF3N5O/c1-12(2)18(11-31)29-20-28-17(13-5-7-26-8-6-13)10-19(30-20)27-16-4-3-14(9-15(16)22)21(23,24)25/h3-10,12,18,31H,11H2,1-2H3,(H2,27,28,29,30)/t18-/m1/s1. The van der Waals surface area contributed by atoms with E-state index >= 15 is 0 Å². The third-order valence-electron chi connectivity index (χ3n) is 4.58. The summed E-state index contributed by atoms with van der Waals surface area (Å²) in [6.07, 6.45) is -1.25. The molecule has 0 unspecified atom stereocenters. The third kappa shape index (κ3) is 5.83. The number of rotatable bonds is 7. The van der Waals surface area contributed by atoms with Crippen molar-refractivity contribution in [1.82, 2.24) is 15.0 Å². The molecule has 0 radical (unpaired) electrons. The van der Waals surface area contributed by atoms with Gasteiger partial charge in [-0.3, -0.25) is 4.98 Å². The molecule has 6 nitrogen and oxygen atoms in total. The summed E-state index contributed by atoms with van der Waals surface area (Å²) in [7, 11) is 0. The molecule has 10 heteroatoms. The van der Waals surface area contributed by atoms with E-state index in [1.807, 2.05) is 13.8 Å². The summed E-state index contributed by atoms with van der Waals surface area (Å²) in [4.78, 5) is 12.9. The molecule has 0 aliphatic heterocycles. The van der Waals surface area contributed by atoms with Gasteiger partial charge in [0.2, 0.25) is 5.95 Å². The fourth-order valence-electron chi connectivity index (χ4n) is 2.77. The maximum Gasteiger partial charge on any atom is 0.416 e. The van der Waals surface area contributed by atoms with E-state index in [4.69, 9.17) is 11.6 Å². The van der Waals surface area contributed by atoms with E-state index in [1.165, 1.54) is 6.07 Å². The van der Waals surface area contributed by atoms with Crippen LogP contribution in [0, 0.1) is 5.92 Å². The zero-order valence-corrected chi connectivity index (χ0v) is 17.5. The van der Waals surface area contributed by atoms with Gasteiger partial charge in [-0.2, -0.15) is 18.2 Å². The highest BCUT2D eigenvalue weighted by atomic mass is 35.5. The number of alkyl halides is 3. The molecule has 1 aromatic carbocycles. The van der Waals surface area contributed by atoms with E-state index in [0.717, 1.165) is 17.7 Å². The number of pyridine rings is 1. The van der Waals surface area contributed by atoms with E-state index < -0.39 is 11.7 Å². The normalized spacial score (nSPS) is 12.6. The second-order valence-electron chi connectivity index (χ2n) is 7.19. The van der Waals surface area contributed by atoms with Crippen molar-refractivity contribution in [2.24, 2.45) is 5.92 Å². The Hall–Kier alpha value is -2.91. The van der Waals surface area contributed by atoms with Crippen molar-refractivity contribution in [3.05, 3.63) is 59.4 Å². The molecule has 1 atom stereocenters. The Kier molecular flexibility index (Phi) is 6.97. The highest BCUT2D eigenvalue weighted by molar-refractivity contribution is 6.33. The molecule has 164 valence electrons. The number of hydrogen-bond acceptors (Lipinski definition) is 6. The first-order chi connectivity index (χ1) is 14.7. The first-order valence-corrected chi connectivity index (χ1v) is 9.86. The summed E-state index contributed by atoms with van der Waals surface area (Å²) in [6.45, 7) is 3.78. The van der Waals surface area contributed by atoms with Crippen molar-refractivity contribution in [3.63, 3.8) is 0 Å². The first-order valence-electron chi connectivity index (χ1n) is 9.48. The maximum absolute atomic E-state index is 12.9. The molecular weight excluding hydrogens is 431 g/mol. The van der Waals surface area contributed by atoms with E-state index in [9.17, 15) is 18.3 Å². The van der Waals surface area contributed by atoms with Crippen molar-refractivity contribution >= 4 is 29.1 Å². The van der Waals surface area contributed by atoms with Crippen LogP contribution in [0.1, 0.15) is 19.4 Å². The molecule has 0 fully saturated rings. The Bertz CT molecular complexity index is 1030. The molecule has 3 aromatic rings. The van der Waals surface area contributed by atoms with Gasteiger partial charge in [-0.25, -0.2) is 4.98 Å². The van der Waals surface area contributed by atoms with Gasteiger partial charge in [0.25, 0.3) is 0 Å². The molecule has 0 saturated carbocycles. The molecular formula is C21H21ClF3N5O. The summed E-state index contributed by atoms with van der Waals surface area (Å²) in [6, 6.07) is 7.96. The second-order valence-corrected chi connectivity index (χ2v) is 7.60. The van der Waals surface area contributed by atoms with Gasteiger partial charge in [-0.05, 0) is 36.2 Å². The van der Waals surface area contributed by atoms with Crippen LogP contribution >= 0.6 is 11.6 Å². The van der Waals surface area contributed by atoms with Gasteiger partial charge < -0.3 is 15.7 Å². The fraction of sp³-hybridized carbons (Fsp3) is 0.286. The van der Waals surface area contributed by atoms with Crippen LogP contribution in [-0.4, -0.2) is 32.7 Å². The number of anilines is 3. The smallest absolute Gasteiger partial charge is 0.394 e. The number of hydrogen-bond donors (Lipinski definition) is 3. The lowest BCUT2D eigenvalue weighted by molar-refractivity contribution is -0.137. The maximum atomic E-state index is 12.9. The zero-order chi connectivity index (χ0) is 22.6. The molecule has 0 amide bonds. The van der Waals surface area contributed by atoms with Crippen molar-refractivity contribution in [2.75, 3.05) is 17.2 Å². The van der Waals surface area contributed by atoms with Crippen molar-refractivity contribution in [2.45, 2.75) is 26.1 Å². The number of aliphatic hydroxyl groups excluding tert-OH is 1. The monoisotopic (exact) mass is 451 g/mol. The minimum Gasteiger partial charge on any atom is -0.394 e. The van der Waals surface area contributed by atoms with Crippen molar-refractivity contribution in [3.8, 4) is 11.3 Å². The van der Waals surface area contributed by atoms with Gasteiger partial charge in [0, 0.05) is 24.0 Å². The Labute approximate surface area is 182 Å². The number of aromatic nitrogens is 3. The average Bonchev–Trinajstić information content (AvgIpc) is 2.73. The van der Waals surface area contributed by atoms with Gasteiger partial charge in [0.05, 0.1) is 34.6 Å². The molecule has 0 bridgehead atoms. The summed E-state index contributed by atoms with van der Waals surface area (Å²) in [5, 5.41) is 15.6. The topological polar surface area (TPSA) is 83.0 Å². The van der Waals surface area contributed by atoms with E-state index in [0.29, 0.717) is 11.5 Å². The lowest BCUT2D eigenvalue weighted by Crippen LogP contribution is -2.30. The van der Waals surface area contributed by atoms with Crippen LogP contribution in [0.3, 0.4) is 0 Å². The highest BCUT2D eigenvalue weighted by Crippen LogP contribution is 2.35. The summed E-state index contributed by atoms with van der Waals surface area (Å²) in [5.74, 6) is 0.693. The first kappa shape index (κ1) is 22.8. The van der Waals surface area contributed by atoms with Crippen LogP contribution in [0.25, 0.3) is 11.3 Å². The number of benzene rings is 1. The molecule has 31 heavy (non-hydrogen) atoms. The van der Waals surface area contributed by atoms with E-state index in [2.05, 4.69) is 25.6 Å². The van der Waals surface area contributed by atoms with Crippen LogP contribution in [0.15, 0.2) is 48.8 Å². The Balaban J connectivity index is 1.98. The van der Waals surface area contributed by atoms with Crippen LogP contribution in [0.2, 0.25) is 5.02 Å². The van der Waals surface area contributed by atoms with Gasteiger partial charge in [-0.1, -0.05) is 25.4 Å². The van der Waals surface area contributed by atoms with Crippen LogP contribution < -0.4 is 10.6 Å². The summed E-state index contributed by atoms with van der Waals surface area (Å²) < 4.78 is 38.7. The minimum atomic E-state index is -4.49. The minimum absolute atomic E-state index is 0.0937. The summed E-state index contributed by atoms with van der Waals surface area (Å²) >= 11 is 6.07. The van der Waals surface area contributed by atoms with Crippen molar-refractivity contribution < 1.29 is 18.3 Å². The van der Waals surface area contributed by atoms with Gasteiger partial charge in [0.15, 0.2) is 0 Å². The fourth-order valence-corrected chi connectivity index (χ4v) is 2.99. The van der Waals surface area contributed by atoms with Crippen LogP contribution in [0.4, 0.5) is 30.6 Å². The molecule has 3 N–H and O–H groups in total. The lowest BCUT2D eigenvalue weighted by atomic mass is 10.1. The Morgan fingerprint density at radius 1 is 1.06 bits per heavy atom. The molecule has 2 heterocycles. The van der Waals surface area contributed by atoms with Crippen molar-refractivity contribution in [1.29, 1.82) is 0 Å². The van der Waals surface area contributed by atoms with Crippen LogP contribution in [0.5, 0.6) is 0 Å². The second kappa shape index (κ2) is 9.49. The average molecular weight is 452 g/mol. The number of nitrogens with zero attached hydrogens (tertiary/aromatic N) is 3. The van der Waals surface area contributed by atoms with Gasteiger partial charge >= 0.3 is 6.18 Å². The Morgan fingerprint density at radius 3 is 2.35 bits per heavy atom. The number of halogens is 4. The predicted octanol–water partition coefficient (Wildman–Crippen LogP) is 5.38. The molecule has 0 aliphatic carbocycles. The summed E-state index contributed by atoms with van der Waals surface area (Å²) in [5.41, 5.74) is 0.758. The number of nitrogens with one attached hydrogen (secondary N) is 2. The molecule has 0 aliphatic rings. The largest absolute Gasteiger partial charge is 0.416 e. The highest BCUT2D eigenvalue weighted by Gasteiger charge is 2.31. The van der Waals surface area contributed by atoms with Gasteiger partial charge in [-0.15, -0.1) is 0 Å². The molecule has 2 aromatic heterocycles. The van der Waals surface area contributed by atoms with E-state index in [1.54, 1.807) is 30.6 Å². The predicted molar refractivity (Wildman–Crippen MR) is 114 cm³/mol. The third-order valence-corrected chi connectivity index (χ3v) is 4.89.